The molecule has 112 valence electrons. The summed E-state index contributed by atoms with van der Waals surface area (Å²) in [5, 5.41) is 2.66. The van der Waals surface area contributed by atoms with E-state index >= 15 is 0 Å². The molecule has 21 heavy (non-hydrogen) atoms. The van der Waals surface area contributed by atoms with Crippen molar-refractivity contribution < 1.29 is 19.1 Å². The molecule has 0 spiro atoms. The van der Waals surface area contributed by atoms with Gasteiger partial charge in [0.25, 0.3) is 0 Å². The van der Waals surface area contributed by atoms with Crippen molar-refractivity contribution in [3.05, 3.63) is 18.2 Å². The number of benzene rings is 1. The summed E-state index contributed by atoms with van der Waals surface area (Å²) in [4.78, 5) is 35.8. The molecule has 2 rings (SSSR count). The molecule has 0 atom stereocenters. The average molecular weight is 291 g/mol. The van der Waals surface area contributed by atoms with Crippen molar-refractivity contribution >= 4 is 29.1 Å². The van der Waals surface area contributed by atoms with Crippen molar-refractivity contribution in [2.75, 3.05) is 24.7 Å². The number of likely N-dealkylation sites (tertiary alicyclic amines) is 1. The van der Waals surface area contributed by atoms with Gasteiger partial charge in [-0.15, -0.1) is 0 Å². The topological polar surface area (TPSA) is 102 Å². The molecule has 3 amide bonds. The molecule has 7 nitrogen and oxygen atoms in total. The number of ether oxygens (including phenoxy) is 1. The Labute approximate surface area is 122 Å². The van der Waals surface area contributed by atoms with E-state index in [2.05, 4.69) is 5.32 Å². The van der Waals surface area contributed by atoms with Gasteiger partial charge in [0.1, 0.15) is 5.75 Å². The molecule has 7 heteroatoms. The van der Waals surface area contributed by atoms with Crippen molar-refractivity contribution in [3.63, 3.8) is 0 Å². The third kappa shape index (κ3) is 3.50. The van der Waals surface area contributed by atoms with Crippen LogP contribution in [0.5, 0.6) is 5.75 Å². The summed E-state index contributed by atoms with van der Waals surface area (Å²) in [6, 6.07) is 4.90. The number of anilines is 2. The summed E-state index contributed by atoms with van der Waals surface area (Å²) in [5.41, 5.74) is 6.70. The zero-order valence-corrected chi connectivity index (χ0v) is 11.7. The predicted octanol–water partition coefficient (Wildman–Crippen LogP) is 0.755. The van der Waals surface area contributed by atoms with E-state index in [4.69, 9.17) is 10.5 Å². The van der Waals surface area contributed by atoms with E-state index in [9.17, 15) is 14.4 Å². The maximum absolute atomic E-state index is 11.8. The number of methoxy groups -OCH3 is 1. The summed E-state index contributed by atoms with van der Waals surface area (Å²) < 4.78 is 5.02. The van der Waals surface area contributed by atoms with E-state index in [1.165, 1.54) is 7.11 Å². The smallest absolute Gasteiger partial charge is 0.229 e. The van der Waals surface area contributed by atoms with Gasteiger partial charge in [-0.3, -0.25) is 19.3 Å². The number of amides is 3. The lowest BCUT2D eigenvalue weighted by atomic mass is 10.2. The highest BCUT2D eigenvalue weighted by molar-refractivity contribution is 6.02. The number of hydrogen-bond donors (Lipinski definition) is 2. The molecule has 0 unspecified atom stereocenters. The number of nitrogens with one attached hydrogen (secondary N) is 1. The van der Waals surface area contributed by atoms with Gasteiger partial charge in [-0.2, -0.15) is 0 Å². The molecule has 1 aromatic carbocycles. The van der Waals surface area contributed by atoms with Crippen LogP contribution in [0.15, 0.2) is 18.2 Å². The number of nitrogens with two attached hydrogens (primary N) is 1. The summed E-state index contributed by atoms with van der Waals surface area (Å²) in [6.45, 7) is 0.106. The first-order chi connectivity index (χ1) is 10.0. The number of carbonyl (C=O) groups excluding carboxylic acids is 3. The number of imide groups is 1. The van der Waals surface area contributed by atoms with Gasteiger partial charge in [-0.05, 0) is 18.2 Å². The fourth-order valence-corrected chi connectivity index (χ4v) is 2.12. The normalized spacial score (nSPS) is 14.4. The van der Waals surface area contributed by atoms with Gasteiger partial charge >= 0.3 is 0 Å². The van der Waals surface area contributed by atoms with Crippen LogP contribution in [0.3, 0.4) is 0 Å². The van der Waals surface area contributed by atoms with E-state index in [0.717, 1.165) is 4.90 Å². The van der Waals surface area contributed by atoms with Crippen LogP contribution in [-0.4, -0.2) is 36.3 Å². The van der Waals surface area contributed by atoms with Crippen molar-refractivity contribution in [2.24, 2.45) is 0 Å². The fraction of sp³-hybridized carbons (Fsp3) is 0.357. The van der Waals surface area contributed by atoms with Crippen molar-refractivity contribution in [2.45, 2.75) is 19.3 Å². The summed E-state index contributed by atoms with van der Waals surface area (Å²) >= 11 is 0. The maximum atomic E-state index is 11.8. The van der Waals surface area contributed by atoms with E-state index in [1.54, 1.807) is 18.2 Å². The third-order valence-electron chi connectivity index (χ3n) is 3.23. The lowest BCUT2D eigenvalue weighted by molar-refractivity contribution is -0.138. The van der Waals surface area contributed by atoms with Gasteiger partial charge in [-0.1, -0.05) is 0 Å². The Morgan fingerprint density at radius 2 is 2.00 bits per heavy atom. The molecule has 0 aliphatic carbocycles. The highest BCUT2D eigenvalue weighted by Crippen LogP contribution is 2.24. The van der Waals surface area contributed by atoms with Crippen molar-refractivity contribution in [1.29, 1.82) is 0 Å². The van der Waals surface area contributed by atoms with Gasteiger partial charge in [0.15, 0.2) is 0 Å². The second-order valence-corrected chi connectivity index (χ2v) is 4.69. The zero-order chi connectivity index (χ0) is 15.4. The van der Waals surface area contributed by atoms with Crippen LogP contribution in [0, 0.1) is 0 Å². The highest BCUT2D eigenvalue weighted by atomic mass is 16.5. The van der Waals surface area contributed by atoms with Gasteiger partial charge in [0, 0.05) is 31.5 Å². The van der Waals surface area contributed by atoms with Crippen LogP contribution in [0.1, 0.15) is 19.3 Å². The summed E-state index contributed by atoms with van der Waals surface area (Å²) in [5.74, 6) is -0.198. The van der Waals surface area contributed by atoms with Crippen LogP contribution in [0.4, 0.5) is 11.4 Å². The van der Waals surface area contributed by atoms with Gasteiger partial charge < -0.3 is 15.8 Å². The van der Waals surface area contributed by atoms with E-state index in [1.807, 2.05) is 0 Å². The molecule has 1 aliphatic heterocycles. The lowest BCUT2D eigenvalue weighted by Crippen LogP contribution is -2.32. The molecule has 1 aromatic rings. The second-order valence-electron chi connectivity index (χ2n) is 4.69. The quantitative estimate of drug-likeness (QED) is 0.616. The van der Waals surface area contributed by atoms with Gasteiger partial charge in [0.05, 0.1) is 12.8 Å². The molecule has 1 fully saturated rings. The molecule has 0 aromatic heterocycles. The Balaban J connectivity index is 1.88. The van der Waals surface area contributed by atoms with Crippen LogP contribution in [0.25, 0.3) is 0 Å². The highest BCUT2D eigenvalue weighted by Gasteiger charge is 2.28. The third-order valence-corrected chi connectivity index (χ3v) is 3.23. The van der Waals surface area contributed by atoms with Crippen LogP contribution < -0.4 is 15.8 Å². The Morgan fingerprint density at radius 3 is 2.57 bits per heavy atom. The second kappa shape index (κ2) is 6.25. The molecule has 1 heterocycles. The molecule has 1 aliphatic rings. The average Bonchev–Trinajstić information content (AvgIpc) is 2.76. The molecular weight excluding hydrogens is 274 g/mol. The van der Waals surface area contributed by atoms with Crippen molar-refractivity contribution in [3.8, 4) is 5.75 Å². The molecule has 3 N–H and O–H groups in total. The first kappa shape index (κ1) is 14.8. The number of hydrogen-bond acceptors (Lipinski definition) is 5. The molecule has 0 radical (unpaired) electrons. The number of rotatable bonds is 5. The number of nitrogen functional groups attached to an aromatic ring is 1. The Hall–Kier alpha value is -2.57. The van der Waals surface area contributed by atoms with Gasteiger partial charge in [0.2, 0.25) is 17.7 Å². The monoisotopic (exact) mass is 291 g/mol. The minimum Gasteiger partial charge on any atom is -0.495 e. The van der Waals surface area contributed by atoms with Crippen LogP contribution >= 0.6 is 0 Å². The molecule has 0 bridgehead atoms. The van der Waals surface area contributed by atoms with Crippen LogP contribution in [-0.2, 0) is 14.4 Å². The molecule has 0 saturated carbocycles. The molecule has 1 saturated heterocycles. The SMILES string of the molecule is COc1ccc(NC(=O)CCN2C(=O)CCC2=O)cc1N. The van der Waals surface area contributed by atoms with Gasteiger partial charge in [-0.25, -0.2) is 0 Å². The molecular formula is C14H17N3O4. The van der Waals surface area contributed by atoms with Crippen LogP contribution in [0.2, 0.25) is 0 Å². The minimum atomic E-state index is -0.285. The summed E-state index contributed by atoms with van der Waals surface area (Å²) in [7, 11) is 1.51. The summed E-state index contributed by atoms with van der Waals surface area (Å²) in [6.07, 6.45) is 0.522. The predicted molar refractivity (Wildman–Crippen MR) is 76.6 cm³/mol. The first-order valence-electron chi connectivity index (χ1n) is 6.58. The maximum Gasteiger partial charge on any atom is 0.229 e. The van der Waals surface area contributed by atoms with E-state index in [0.29, 0.717) is 17.1 Å². The Bertz CT molecular complexity index is 570. The standard InChI is InChI=1S/C14H17N3O4/c1-21-11-3-2-9(8-10(11)15)16-12(18)6-7-17-13(19)4-5-14(17)20/h2-3,8H,4-7,15H2,1H3,(H,16,18). The fourth-order valence-electron chi connectivity index (χ4n) is 2.12. The minimum absolute atomic E-state index is 0.0589. The Morgan fingerprint density at radius 1 is 1.33 bits per heavy atom. The zero-order valence-electron chi connectivity index (χ0n) is 11.7. The van der Waals surface area contributed by atoms with Crippen molar-refractivity contribution in [1.82, 2.24) is 4.90 Å². The van der Waals surface area contributed by atoms with E-state index < -0.39 is 0 Å². The Kier molecular flexibility index (Phi) is 4.42. The number of carbonyl (C=O) groups is 3. The first-order valence-corrected chi connectivity index (χ1v) is 6.58. The lowest BCUT2D eigenvalue weighted by Gasteiger charge is -2.13. The number of nitrogens with zero attached hydrogens (tertiary/aromatic N) is 1. The van der Waals surface area contributed by atoms with E-state index in [-0.39, 0.29) is 43.5 Å². The largest absolute Gasteiger partial charge is 0.495 e.